The monoisotopic (exact) mass is 270 g/mol. The van der Waals surface area contributed by atoms with E-state index in [1.165, 1.54) is 7.11 Å². The number of hydrogen-bond acceptors (Lipinski definition) is 5. The first-order valence-electron chi connectivity index (χ1n) is 6.22. The maximum atomic E-state index is 9.90. The SMILES string of the molecule is CO/N=C/C=C\C=C\SN1CCCC(C)C(O)C1. The van der Waals surface area contributed by atoms with Gasteiger partial charge >= 0.3 is 0 Å². The maximum Gasteiger partial charge on any atom is 0.106 e. The summed E-state index contributed by atoms with van der Waals surface area (Å²) in [4.78, 5) is 4.53. The lowest BCUT2D eigenvalue weighted by Crippen LogP contribution is -2.28. The Morgan fingerprint density at radius 3 is 3.00 bits per heavy atom. The summed E-state index contributed by atoms with van der Waals surface area (Å²) in [6, 6.07) is 0. The average Bonchev–Trinajstić information content (AvgIpc) is 2.51. The molecule has 1 saturated heterocycles. The van der Waals surface area contributed by atoms with Crippen molar-refractivity contribution in [3.8, 4) is 0 Å². The molecule has 0 aromatic carbocycles. The van der Waals surface area contributed by atoms with Crippen molar-refractivity contribution in [2.24, 2.45) is 11.1 Å². The zero-order valence-corrected chi connectivity index (χ0v) is 11.8. The Labute approximate surface area is 114 Å². The van der Waals surface area contributed by atoms with Crippen LogP contribution in [0.3, 0.4) is 0 Å². The van der Waals surface area contributed by atoms with Crippen LogP contribution in [0.5, 0.6) is 0 Å². The van der Waals surface area contributed by atoms with E-state index >= 15 is 0 Å². The molecule has 1 aliphatic heterocycles. The highest BCUT2D eigenvalue weighted by Crippen LogP contribution is 2.22. The number of aliphatic hydroxyl groups excluding tert-OH is 1. The lowest BCUT2D eigenvalue weighted by atomic mass is 10.0. The number of oxime groups is 1. The lowest BCUT2D eigenvalue weighted by molar-refractivity contribution is 0.108. The van der Waals surface area contributed by atoms with Gasteiger partial charge in [-0.1, -0.05) is 36.2 Å². The molecule has 18 heavy (non-hydrogen) atoms. The predicted molar refractivity (Wildman–Crippen MR) is 77.3 cm³/mol. The molecule has 0 radical (unpaired) electrons. The zero-order chi connectivity index (χ0) is 13.2. The summed E-state index contributed by atoms with van der Waals surface area (Å²) >= 11 is 1.65. The topological polar surface area (TPSA) is 45.1 Å². The van der Waals surface area contributed by atoms with Crippen LogP contribution in [0.1, 0.15) is 19.8 Å². The van der Waals surface area contributed by atoms with Gasteiger partial charge in [-0.15, -0.1) is 0 Å². The number of allylic oxidation sites excluding steroid dienone is 3. The third kappa shape index (κ3) is 6.23. The summed E-state index contributed by atoms with van der Waals surface area (Å²) < 4.78 is 2.21. The van der Waals surface area contributed by atoms with Gasteiger partial charge in [0.1, 0.15) is 7.11 Å². The van der Waals surface area contributed by atoms with E-state index in [9.17, 15) is 5.11 Å². The molecule has 2 atom stereocenters. The molecular weight excluding hydrogens is 248 g/mol. The van der Waals surface area contributed by atoms with E-state index in [1.54, 1.807) is 24.2 Å². The molecule has 0 saturated carbocycles. The quantitative estimate of drug-likeness (QED) is 0.361. The van der Waals surface area contributed by atoms with Crippen LogP contribution in [-0.2, 0) is 4.84 Å². The van der Waals surface area contributed by atoms with Gasteiger partial charge in [-0.25, -0.2) is 4.31 Å². The minimum Gasteiger partial charge on any atom is -0.399 e. The minimum absolute atomic E-state index is 0.210. The van der Waals surface area contributed by atoms with Crippen LogP contribution >= 0.6 is 11.9 Å². The van der Waals surface area contributed by atoms with Gasteiger partial charge in [0.2, 0.25) is 0 Å². The minimum atomic E-state index is -0.210. The summed E-state index contributed by atoms with van der Waals surface area (Å²) in [6.45, 7) is 3.89. The molecule has 1 aliphatic rings. The van der Waals surface area contributed by atoms with E-state index in [0.717, 1.165) is 25.9 Å². The van der Waals surface area contributed by atoms with Crippen molar-refractivity contribution in [1.82, 2.24) is 4.31 Å². The zero-order valence-electron chi connectivity index (χ0n) is 11.0. The van der Waals surface area contributed by atoms with E-state index in [-0.39, 0.29) is 6.10 Å². The van der Waals surface area contributed by atoms with Gasteiger partial charge in [0.25, 0.3) is 0 Å². The van der Waals surface area contributed by atoms with Crippen LogP contribution in [0.25, 0.3) is 0 Å². The Bertz CT molecular complexity index is 305. The highest BCUT2D eigenvalue weighted by molar-refractivity contribution is 7.99. The van der Waals surface area contributed by atoms with Crippen molar-refractivity contribution < 1.29 is 9.94 Å². The van der Waals surface area contributed by atoms with Gasteiger partial charge in [0.05, 0.1) is 12.3 Å². The summed E-state index contributed by atoms with van der Waals surface area (Å²) in [6.07, 6.45) is 9.29. The number of β-amino-alcohol motifs (C(OH)–C–C–N with tert-alkyl or cyclic N) is 1. The molecule has 0 bridgehead atoms. The summed E-state index contributed by atoms with van der Waals surface area (Å²) in [5.74, 6) is 0.407. The van der Waals surface area contributed by atoms with E-state index in [1.807, 2.05) is 17.6 Å². The molecule has 1 heterocycles. The molecule has 1 rings (SSSR count). The third-order valence-corrected chi connectivity index (χ3v) is 3.79. The number of hydrogen-bond donors (Lipinski definition) is 1. The molecule has 0 spiro atoms. The fourth-order valence-electron chi connectivity index (χ4n) is 1.73. The molecule has 0 amide bonds. The standard InChI is InChI=1S/C13H22N2O2S/c1-12-7-6-9-15(11-13(12)16)18-10-5-3-4-8-14-17-2/h3-5,8,10,12-13,16H,6-7,9,11H2,1-2H3/b4-3-,10-5+,14-8+. The number of aliphatic hydroxyl groups is 1. The van der Waals surface area contributed by atoms with Crippen LogP contribution in [0.2, 0.25) is 0 Å². The van der Waals surface area contributed by atoms with Gasteiger partial charge < -0.3 is 9.94 Å². The van der Waals surface area contributed by atoms with Crippen molar-refractivity contribution >= 4 is 18.2 Å². The average molecular weight is 270 g/mol. The highest BCUT2D eigenvalue weighted by atomic mass is 32.2. The van der Waals surface area contributed by atoms with E-state index < -0.39 is 0 Å². The Balaban J connectivity index is 2.27. The summed E-state index contributed by atoms with van der Waals surface area (Å²) in [5.41, 5.74) is 0. The predicted octanol–water partition coefficient (Wildman–Crippen LogP) is 2.43. The Morgan fingerprint density at radius 1 is 1.39 bits per heavy atom. The van der Waals surface area contributed by atoms with Crippen LogP contribution in [0.15, 0.2) is 28.8 Å². The van der Waals surface area contributed by atoms with Crippen molar-refractivity contribution in [2.45, 2.75) is 25.9 Å². The lowest BCUT2D eigenvalue weighted by Gasteiger charge is -2.20. The highest BCUT2D eigenvalue weighted by Gasteiger charge is 2.21. The second-order valence-electron chi connectivity index (χ2n) is 4.33. The first-order chi connectivity index (χ1) is 8.74. The Morgan fingerprint density at radius 2 is 2.22 bits per heavy atom. The van der Waals surface area contributed by atoms with Gasteiger partial charge in [-0.3, -0.25) is 0 Å². The molecule has 0 aliphatic carbocycles. The van der Waals surface area contributed by atoms with Crippen LogP contribution in [0, 0.1) is 5.92 Å². The second kappa shape index (κ2) is 9.19. The van der Waals surface area contributed by atoms with Crippen molar-refractivity contribution in [2.75, 3.05) is 20.2 Å². The van der Waals surface area contributed by atoms with E-state index in [0.29, 0.717) is 5.92 Å². The van der Waals surface area contributed by atoms with Crippen LogP contribution in [0.4, 0.5) is 0 Å². The first-order valence-corrected chi connectivity index (χ1v) is 7.06. The van der Waals surface area contributed by atoms with Gasteiger partial charge in [0, 0.05) is 13.1 Å². The molecular formula is C13H22N2O2S. The van der Waals surface area contributed by atoms with Crippen molar-refractivity contribution in [3.63, 3.8) is 0 Å². The maximum absolute atomic E-state index is 9.90. The first kappa shape index (κ1) is 15.3. The Kier molecular flexibility index (Phi) is 7.80. The fourth-order valence-corrected chi connectivity index (χ4v) is 2.54. The molecule has 1 N–H and O–H groups in total. The summed E-state index contributed by atoms with van der Waals surface area (Å²) in [7, 11) is 1.52. The molecule has 4 nitrogen and oxygen atoms in total. The molecule has 1 fully saturated rings. The van der Waals surface area contributed by atoms with E-state index in [4.69, 9.17) is 0 Å². The third-order valence-electron chi connectivity index (χ3n) is 2.88. The molecule has 2 unspecified atom stereocenters. The number of rotatable bonds is 5. The normalized spacial score (nSPS) is 27.3. The molecule has 5 heteroatoms. The van der Waals surface area contributed by atoms with Crippen molar-refractivity contribution in [3.05, 3.63) is 23.6 Å². The fraction of sp³-hybridized carbons (Fsp3) is 0.615. The van der Waals surface area contributed by atoms with E-state index in [2.05, 4.69) is 21.2 Å². The largest absolute Gasteiger partial charge is 0.399 e. The second-order valence-corrected chi connectivity index (χ2v) is 5.33. The molecule has 102 valence electrons. The molecule has 0 aromatic heterocycles. The van der Waals surface area contributed by atoms with Crippen molar-refractivity contribution in [1.29, 1.82) is 0 Å². The molecule has 0 aromatic rings. The van der Waals surface area contributed by atoms with Gasteiger partial charge in [0.15, 0.2) is 0 Å². The van der Waals surface area contributed by atoms with Gasteiger partial charge in [-0.05, 0) is 30.2 Å². The number of nitrogens with zero attached hydrogens (tertiary/aromatic N) is 2. The van der Waals surface area contributed by atoms with Crippen LogP contribution in [-0.4, -0.2) is 41.9 Å². The summed E-state index contributed by atoms with van der Waals surface area (Å²) in [5, 5.41) is 15.5. The Hall–Kier alpha value is -0.780. The van der Waals surface area contributed by atoms with Gasteiger partial charge in [-0.2, -0.15) is 0 Å². The van der Waals surface area contributed by atoms with Crippen LogP contribution < -0.4 is 0 Å². The smallest absolute Gasteiger partial charge is 0.106 e.